The summed E-state index contributed by atoms with van der Waals surface area (Å²) in [4.78, 5) is 0. The third kappa shape index (κ3) is 1.20. The Hall–Kier alpha value is -0.0400. The number of hydrogen-bond acceptors (Lipinski definition) is 1. The maximum absolute atomic E-state index is 5.25. The van der Waals surface area contributed by atoms with E-state index in [4.69, 9.17) is 4.74 Å². The van der Waals surface area contributed by atoms with Gasteiger partial charge in [-0.2, -0.15) is 0 Å². The Labute approximate surface area is 63.8 Å². The normalized spacial score (nSPS) is 24.3. The molecule has 0 atom stereocenters. The van der Waals surface area contributed by atoms with Crippen LogP contribution < -0.4 is 0 Å². The van der Waals surface area contributed by atoms with Crippen molar-refractivity contribution < 1.29 is 4.74 Å². The van der Waals surface area contributed by atoms with E-state index >= 15 is 0 Å². The van der Waals surface area contributed by atoms with Crippen LogP contribution in [0.25, 0.3) is 0 Å². The third-order valence-electron chi connectivity index (χ3n) is 3.15. The van der Waals surface area contributed by atoms with Gasteiger partial charge < -0.3 is 4.74 Å². The van der Waals surface area contributed by atoms with Gasteiger partial charge in [0.2, 0.25) is 0 Å². The van der Waals surface area contributed by atoms with Crippen LogP contribution >= 0.6 is 0 Å². The highest BCUT2D eigenvalue weighted by molar-refractivity contribution is 4.92. The predicted molar refractivity (Wildman–Crippen MR) is 43.0 cm³/mol. The van der Waals surface area contributed by atoms with Gasteiger partial charge in [0.05, 0.1) is 6.10 Å². The molecule has 0 heterocycles. The lowest BCUT2D eigenvalue weighted by Gasteiger charge is -2.46. The molecule has 10 heavy (non-hydrogen) atoms. The Balaban J connectivity index is 2.31. The fourth-order valence-corrected chi connectivity index (χ4v) is 1.90. The van der Waals surface area contributed by atoms with Crippen LogP contribution in [0.2, 0.25) is 0 Å². The summed E-state index contributed by atoms with van der Waals surface area (Å²) in [5.74, 6) is 0. The molecule has 60 valence electrons. The molecule has 1 rings (SSSR count). The summed E-state index contributed by atoms with van der Waals surface area (Å²) in [5, 5.41) is 0. The van der Waals surface area contributed by atoms with E-state index in [-0.39, 0.29) is 0 Å². The lowest BCUT2D eigenvalue weighted by atomic mass is 9.63. The van der Waals surface area contributed by atoms with E-state index in [0.29, 0.717) is 11.5 Å². The number of methoxy groups -OCH3 is 1. The van der Waals surface area contributed by atoms with Crippen molar-refractivity contribution in [2.45, 2.75) is 45.6 Å². The van der Waals surface area contributed by atoms with E-state index in [2.05, 4.69) is 13.8 Å². The molecule has 0 aromatic heterocycles. The SMILES string of the molecule is CCC1(CC)CC(OC)C1. The smallest absolute Gasteiger partial charge is 0.0582 e. The summed E-state index contributed by atoms with van der Waals surface area (Å²) in [6, 6.07) is 0. The van der Waals surface area contributed by atoms with Crippen molar-refractivity contribution in [3.63, 3.8) is 0 Å². The van der Waals surface area contributed by atoms with Crippen molar-refractivity contribution in [3.8, 4) is 0 Å². The second kappa shape index (κ2) is 2.91. The quantitative estimate of drug-likeness (QED) is 0.588. The Bertz CT molecular complexity index is 97.3. The topological polar surface area (TPSA) is 9.23 Å². The van der Waals surface area contributed by atoms with Crippen LogP contribution in [0.4, 0.5) is 0 Å². The third-order valence-corrected chi connectivity index (χ3v) is 3.15. The Morgan fingerprint density at radius 2 is 1.80 bits per heavy atom. The molecule has 0 bridgehead atoms. The molecule has 0 amide bonds. The number of hydrogen-bond donors (Lipinski definition) is 0. The standard InChI is InChI=1S/C9H18O/c1-4-9(5-2)6-8(7-9)10-3/h8H,4-7H2,1-3H3. The van der Waals surface area contributed by atoms with E-state index in [9.17, 15) is 0 Å². The lowest BCUT2D eigenvalue weighted by Crippen LogP contribution is -2.40. The van der Waals surface area contributed by atoms with Gasteiger partial charge in [-0.25, -0.2) is 0 Å². The average Bonchev–Trinajstić information content (AvgIpc) is 1.89. The Morgan fingerprint density at radius 1 is 1.30 bits per heavy atom. The fraction of sp³-hybridized carbons (Fsp3) is 1.00. The Kier molecular flexibility index (Phi) is 2.35. The molecule has 0 N–H and O–H groups in total. The predicted octanol–water partition coefficient (Wildman–Crippen LogP) is 2.60. The van der Waals surface area contributed by atoms with Gasteiger partial charge in [0.15, 0.2) is 0 Å². The molecular weight excluding hydrogens is 124 g/mol. The molecule has 1 fully saturated rings. The van der Waals surface area contributed by atoms with Crippen molar-refractivity contribution in [2.24, 2.45) is 5.41 Å². The van der Waals surface area contributed by atoms with Gasteiger partial charge in [0.1, 0.15) is 0 Å². The van der Waals surface area contributed by atoms with Crippen molar-refractivity contribution in [2.75, 3.05) is 7.11 Å². The second-order valence-electron chi connectivity index (χ2n) is 3.47. The second-order valence-corrected chi connectivity index (χ2v) is 3.47. The lowest BCUT2D eigenvalue weighted by molar-refractivity contribution is -0.0632. The molecule has 1 heteroatoms. The van der Waals surface area contributed by atoms with Gasteiger partial charge >= 0.3 is 0 Å². The van der Waals surface area contributed by atoms with Crippen LogP contribution in [0.1, 0.15) is 39.5 Å². The first-order valence-corrected chi connectivity index (χ1v) is 4.29. The molecule has 0 unspecified atom stereocenters. The molecule has 0 aliphatic heterocycles. The molecule has 0 saturated heterocycles. The largest absolute Gasteiger partial charge is 0.381 e. The summed E-state index contributed by atoms with van der Waals surface area (Å²) in [5.41, 5.74) is 0.653. The molecule has 0 spiro atoms. The summed E-state index contributed by atoms with van der Waals surface area (Å²) >= 11 is 0. The number of rotatable bonds is 3. The molecule has 0 aromatic rings. The van der Waals surface area contributed by atoms with Gasteiger partial charge in [-0.05, 0) is 18.3 Å². The van der Waals surface area contributed by atoms with Gasteiger partial charge in [-0.1, -0.05) is 26.7 Å². The fourth-order valence-electron chi connectivity index (χ4n) is 1.90. The molecule has 1 nitrogen and oxygen atoms in total. The molecule has 1 aliphatic carbocycles. The first-order chi connectivity index (χ1) is 4.76. The summed E-state index contributed by atoms with van der Waals surface area (Å²) in [6.45, 7) is 4.57. The zero-order valence-corrected chi connectivity index (χ0v) is 7.31. The summed E-state index contributed by atoms with van der Waals surface area (Å²) in [6.07, 6.45) is 5.79. The molecular formula is C9H18O. The van der Waals surface area contributed by atoms with E-state index < -0.39 is 0 Å². The van der Waals surface area contributed by atoms with Crippen LogP contribution in [0, 0.1) is 5.41 Å². The minimum Gasteiger partial charge on any atom is -0.381 e. The minimum atomic E-state index is 0.569. The van der Waals surface area contributed by atoms with Crippen LogP contribution in [0.5, 0.6) is 0 Å². The van der Waals surface area contributed by atoms with Gasteiger partial charge in [0.25, 0.3) is 0 Å². The monoisotopic (exact) mass is 142 g/mol. The Morgan fingerprint density at radius 3 is 2.10 bits per heavy atom. The maximum atomic E-state index is 5.25. The van der Waals surface area contributed by atoms with Gasteiger partial charge in [0, 0.05) is 7.11 Å². The molecule has 0 aromatic carbocycles. The molecule has 1 saturated carbocycles. The number of ether oxygens (including phenoxy) is 1. The first kappa shape index (κ1) is 8.06. The van der Waals surface area contributed by atoms with Crippen molar-refractivity contribution in [1.29, 1.82) is 0 Å². The van der Waals surface area contributed by atoms with Crippen molar-refractivity contribution >= 4 is 0 Å². The van der Waals surface area contributed by atoms with E-state index in [1.54, 1.807) is 0 Å². The van der Waals surface area contributed by atoms with E-state index in [1.165, 1.54) is 25.7 Å². The first-order valence-electron chi connectivity index (χ1n) is 4.29. The minimum absolute atomic E-state index is 0.569. The average molecular weight is 142 g/mol. The highest BCUT2D eigenvalue weighted by Crippen LogP contribution is 2.47. The summed E-state index contributed by atoms with van der Waals surface area (Å²) < 4.78 is 5.25. The van der Waals surface area contributed by atoms with Gasteiger partial charge in [-0.3, -0.25) is 0 Å². The van der Waals surface area contributed by atoms with Crippen LogP contribution in [0.15, 0.2) is 0 Å². The zero-order valence-electron chi connectivity index (χ0n) is 7.31. The molecule has 1 aliphatic rings. The van der Waals surface area contributed by atoms with E-state index in [0.717, 1.165) is 0 Å². The van der Waals surface area contributed by atoms with Crippen LogP contribution in [0.3, 0.4) is 0 Å². The highest BCUT2D eigenvalue weighted by atomic mass is 16.5. The maximum Gasteiger partial charge on any atom is 0.0582 e. The summed E-state index contributed by atoms with van der Waals surface area (Å²) in [7, 11) is 1.82. The molecule has 0 radical (unpaired) electrons. The van der Waals surface area contributed by atoms with Crippen LogP contribution in [-0.2, 0) is 4.74 Å². The van der Waals surface area contributed by atoms with Gasteiger partial charge in [-0.15, -0.1) is 0 Å². The van der Waals surface area contributed by atoms with Crippen molar-refractivity contribution in [3.05, 3.63) is 0 Å². The highest BCUT2D eigenvalue weighted by Gasteiger charge is 2.41. The zero-order chi connectivity index (χ0) is 7.61. The van der Waals surface area contributed by atoms with E-state index in [1.807, 2.05) is 7.11 Å². The van der Waals surface area contributed by atoms with Crippen LogP contribution in [-0.4, -0.2) is 13.2 Å². The van der Waals surface area contributed by atoms with Crippen molar-refractivity contribution in [1.82, 2.24) is 0 Å².